The number of hydrogen-bond acceptors (Lipinski definition) is 2. The van der Waals surface area contributed by atoms with Crippen LogP contribution in [0.4, 0.5) is 10.1 Å². The molecule has 0 radical (unpaired) electrons. The Hall–Kier alpha value is -2.69. The zero-order valence-electron chi connectivity index (χ0n) is 13.1. The Balaban J connectivity index is 1.82. The van der Waals surface area contributed by atoms with E-state index in [0.717, 1.165) is 6.42 Å². The van der Waals surface area contributed by atoms with E-state index in [2.05, 4.69) is 0 Å². The number of nitrogens with zero attached hydrogens (tertiary/aromatic N) is 2. The molecule has 0 spiro atoms. The summed E-state index contributed by atoms with van der Waals surface area (Å²) in [5, 5.41) is 0. The molecule has 2 amide bonds. The Kier molecular flexibility index (Phi) is 3.56. The van der Waals surface area contributed by atoms with Crippen LogP contribution < -0.4 is 4.90 Å². The van der Waals surface area contributed by atoms with Crippen molar-refractivity contribution in [1.29, 1.82) is 0 Å². The summed E-state index contributed by atoms with van der Waals surface area (Å²) in [6.45, 7) is 0.719. The highest BCUT2D eigenvalue weighted by Gasteiger charge is 2.41. The van der Waals surface area contributed by atoms with E-state index in [4.69, 9.17) is 0 Å². The number of fused-ring (bicyclic) bond motifs is 2. The molecule has 1 fully saturated rings. The van der Waals surface area contributed by atoms with Crippen LogP contribution in [-0.2, 0) is 11.3 Å². The first-order valence-corrected chi connectivity index (χ1v) is 8.11. The molecule has 0 unspecified atom stereocenters. The van der Waals surface area contributed by atoms with E-state index in [-0.39, 0.29) is 24.2 Å². The number of benzene rings is 2. The van der Waals surface area contributed by atoms with Gasteiger partial charge in [-0.15, -0.1) is 0 Å². The number of carbonyl (C=O) groups is 2. The van der Waals surface area contributed by atoms with E-state index < -0.39 is 6.04 Å². The average Bonchev–Trinajstić information content (AvgIpc) is 3.07. The van der Waals surface area contributed by atoms with E-state index in [1.165, 1.54) is 6.07 Å². The molecule has 5 heteroatoms. The highest BCUT2D eigenvalue weighted by molar-refractivity contribution is 6.11. The van der Waals surface area contributed by atoms with Gasteiger partial charge >= 0.3 is 0 Å². The average molecular weight is 324 g/mol. The van der Waals surface area contributed by atoms with Crippen molar-refractivity contribution in [2.75, 3.05) is 11.4 Å². The summed E-state index contributed by atoms with van der Waals surface area (Å²) >= 11 is 0. The minimum absolute atomic E-state index is 0.113. The third-order valence-corrected chi connectivity index (χ3v) is 4.78. The number of hydrogen-bond donors (Lipinski definition) is 0. The molecular formula is C19H17FN2O2. The molecule has 1 saturated heterocycles. The van der Waals surface area contributed by atoms with Crippen molar-refractivity contribution in [2.45, 2.75) is 25.4 Å². The maximum atomic E-state index is 14.1. The van der Waals surface area contributed by atoms with Crippen molar-refractivity contribution in [3.05, 3.63) is 65.5 Å². The van der Waals surface area contributed by atoms with Crippen molar-refractivity contribution >= 4 is 17.5 Å². The van der Waals surface area contributed by atoms with E-state index in [1.54, 1.807) is 52.3 Å². The molecule has 0 N–H and O–H groups in total. The van der Waals surface area contributed by atoms with Gasteiger partial charge in [-0.05, 0) is 31.0 Å². The van der Waals surface area contributed by atoms with Gasteiger partial charge in [-0.2, -0.15) is 0 Å². The van der Waals surface area contributed by atoms with E-state index in [0.29, 0.717) is 29.8 Å². The van der Waals surface area contributed by atoms with Gasteiger partial charge in [0.25, 0.3) is 5.91 Å². The third kappa shape index (κ3) is 2.28. The van der Waals surface area contributed by atoms with Crippen LogP contribution in [0.15, 0.2) is 48.5 Å². The van der Waals surface area contributed by atoms with Crippen LogP contribution in [-0.4, -0.2) is 29.3 Å². The van der Waals surface area contributed by atoms with Crippen molar-refractivity contribution in [2.24, 2.45) is 0 Å². The highest BCUT2D eigenvalue weighted by Crippen LogP contribution is 2.33. The lowest BCUT2D eigenvalue weighted by Gasteiger charge is -2.26. The Morgan fingerprint density at radius 3 is 2.62 bits per heavy atom. The van der Waals surface area contributed by atoms with Crippen LogP contribution in [0.5, 0.6) is 0 Å². The van der Waals surface area contributed by atoms with Crippen molar-refractivity contribution in [1.82, 2.24) is 4.90 Å². The quantitative estimate of drug-likeness (QED) is 0.852. The minimum atomic E-state index is -0.448. The molecule has 2 aromatic carbocycles. The number of halogens is 1. The smallest absolute Gasteiger partial charge is 0.256 e. The second-order valence-electron chi connectivity index (χ2n) is 6.19. The Bertz CT molecular complexity index is 821. The summed E-state index contributed by atoms with van der Waals surface area (Å²) in [6.07, 6.45) is 1.48. The molecule has 2 aromatic rings. The molecule has 0 bridgehead atoms. The molecule has 2 aliphatic rings. The predicted molar refractivity (Wildman–Crippen MR) is 88.1 cm³/mol. The van der Waals surface area contributed by atoms with E-state index in [1.807, 2.05) is 0 Å². The maximum absolute atomic E-state index is 14.1. The lowest BCUT2D eigenvalue weighted by atomic mass is 10.1. The van der Waals surface area contributed by atoms with Gasteiger partial charge in [0.1, 0.15) is 11.9 Å². The predicted octanol–water partition coefficient (Wildman–Crippen LogP) is 2.98. The van der Waals surface area contributed by atoms with Crippen molar-refractivity contribution in [3.63, 3.8) is 0 Å². The number of para-hydroxylation sites is 1. The van der Waals surface area contributed by atoms with Crippen LogP contribution in [0.25, 0.3) is 0 Å². The second-order valence-corrected chi connectivity index (χ2v) is 6.19. The summed E-state index contributed by atoms with van der Waals surface area (Å²) in [4.78, 5) is 29.1. The SMILES string of the molecule is O=C1[C@H]2CCCN2C(=O)c2ccccc2N1Cc1ccccc1F. The first kappa shape index (κ1) is 14.9. The molecule has 0 aliphatic carbocycles. The topological polar surface area (TPSA) is 40.6 Å². The lowest BCUT2D eigenvalue weighted by Crippen LogP contribution is -2.44. The zero-order chi connectivity index (χ0) is 16.7. The molecule has 1 atom stereocenters. The van der Waals surface area contributed by atoms with Crippen molar-refractivity contribution < 1.29 is 14.0 Å². The number of carbonyl (C=O) groups excluding carboxylic acids is 2. The van der Waals surface area contributed by atoms with Gasteiger partial charge in [-0.25, -0.2) is 4.39 Å². The molecule has 122 valence electrons. The van der Waals surface area contributed by atoms with Gasteiger partial charge in [0.2, 0.25) is 5.91 Å². The van der Waals surface area contributed by atoms with E-state index >= 15 is 0 Å². The second kappa shape index (κ2) is 5.74. The number of anilines is 1. The third-order valence-electron chi connectivity index (χ3n) is 4.78. The molecule has 2 aliphatic heterocycles. The number of rotatable bonds is 2. The van der Waals surface area contributed by atoms with Gasteiger partial charge < -0.3 is 9.80 Å². The van der Waals surface area contributed by atoms with Crippen LogP contribution >= 0.6 is 0 Å². The van der Waals surface area contributed by atoms with Gasteiger partial charge in [-0.3, -0.25) is 9.59 Å². The molecule has 0 aromatic heterocycles. The summed E-state index contributed by atoms with van der Waals surface area (Å²) in [5.74, 6) is -0.590. The van der Waals surface area contributed by atoms with Crippen LogP contribution in [0.3, 0.4) is 0 Å². The fourth-order valence-corrected chi connectivity index (χ4v) is 3.57. The monoisotopic (exact) mass is 324 g/mol. The number of amides is 2. The molecular weight excluding hydrogens is 307 g/mol. The summed E-state index contributed by atoms with van der Waals surface area (Å²) in [6, 6.07) is 13.1. The minimum Gasteiger partial charge on any atom is -0.327 e. The highest BCUT2D eigenvalue weighted by atomic mass is 19.1. The zero-order valence-corrected chi connectivity index (χ0v) is 13.1. The van der Waals surface area contributed by atoms with Gasteiger partial charge in [-0.1, -0.05) is 30.3 Å². The van der Waals surface area contributed by atoms with Crippen LogP contribution in [0.2, 0.25) is 0 Å². The molecule has 24 heavy (non-hydrogen) atoms. The van der Waals surface area contributed by atoms with Gasteiger partial charge in [0.15, 0.2) is 0 Å². The summed E-state index contributed by atoms with van der Waals surface area (Å²) in [7, 11) is 0. The van der Waals surface area contributed by atoms with Gasteiger partial charge in [0, 0.05) is 12.1 Å². The normalized spacial score (nSPS) is 20.0. The summed E-state index contributed by atoms with van der Waals surface area (Å²) < 4.78 is 14.1. The van der Waals surface area contributed by atoms with Crippen molar-refractivity contribution in [3.8, 4) is 0 Å². The first-order chi connectivity index (χ1) is 11.7. The van der Waals surface area contributed by atoms with Crippen LogP contribution in [0, 0.1) is 5.82 Å². The molecule has 4 nitrogen and oxygen atoms in total. The summed E-state index contributed by atoms with van der Waals surface area (Å²) in [5.41, 5.74) is 1.51. The Labute approximate surface area is 139 Å². The largest absolute Gasteiger partial charge is 0.327 e. The Morgan fingerprint density at radius 2 is 1.79 bits per heavy atom. The Morgan fingerprint density at radius 1 is 1.04 bits per heavy atom. The first-order valence-electron chi connectivity index (χ1n) is 8.11. The fraction of sp³-hybridized carbons (Fsp3) is 0.263. The maximum Gasteiger partial charge on any atom is 0.256 e. The molecule has 4 rings (SSSR count). The molecule has 2 heterocycles. The molecule has 0 saturated carbocycles. The van der Waals surface area contributed by atoms with Gasteiger partial charge in [0.05, 0.1) is 17.8 Å². The van der Waals surface area contributed by atoms with E-state index in [9.17, 15) is 14.0 Å². The lowest BCUT2D eigenvalue weighted by molar-refractivity contribution is -0.122. The van der Waals surface area contributed by atoms with Crippen LogP contribution in [0.1, 0.15) is 28.8 Å². The standard InChI is InChI=1S/C19H17FN2O2/c20-15-8-3-1-6-13(15)12-22-16-9-4-2-7-14(16)18(23)21-11-5-10-17(21)19(22)24/h1-4,6-9,17H,5,10-12H2/t17-/m1/s1. The fourth-order valence-electron chi connectivity index (χ4n) is 3.57.